The summed E-state index contributed by atoms with van der Waals surface area (Å²) >= 11 is 0. The molecular formula is C13H22O2. The SMILES string of the molecule is CC(C)C#CCCCCC(=O)OC(C)C. The molecule has 0 unspecified atom stereocenters. The van der Waals surface area contributed by atoms with Gasteiger partial charge in [0.05, 0.1) is 6.10 Å². The fourth-order valence-corrected chi connectivity index (χ4v) is 1.08. The molecule has 0 saturated carbocycles. The summed E-state index contributed by atoms with van der Waals surface area (Å²) in [4.78, 5) is 11.1. The Hall–Kier alpha value is -0.970. The van der Waals surface area contributed by atoms with Crippen LogP contribution in [0, 0.1) is 17.8 Å². The largest absolute Gasteiger partial charge is 0.463 e. The molecule has 0 aromatic rings. The molecule has 0 N–H and O–H groups in total. The van der Waals surface area contributed by atoms with Crippen molar-refractivity contribution < 1.29 is 9.53 Å². The van der Waals surface area contributed by atoms with E-state index in [1.54, 1.807) is 0 Å². The van der Waals surface area contributed by atoms with Crippen molar-refractivity contribution in [3.05, 3.63) is 0 Å². The van der Waals surface area contributed by atoms with Gasteiger partial charge in [-0.1, -0.05) is 13.8 Å². The van der Waals surface area contributed by atoms with Crippen molar-refractivity contribution >= 4 is 5.97 Å². The molecule has 0 amide bonds. The average Bonchev–Trinajstić information content (AvgIpc) is 2.09. The lowest BCUT2D eigenvalue weighted by Gasteiger charge is -2.06. The fourth-order valence-electron chi connectivity index (χ4n) is 1.08. The van der Waals surface area contributed by atoms with Gasteiger partial charge in [0.15, 0.2) is 0 Å². The number of carbonyl (C=O) groups is 1. The number of esters is 1. The van der Waals surface area contributed by atoms with Crippen molar-refractivity contribution in [2.24, 2.45) is 5.92 Å². The Morgan fingerprint density at radius 3 is 2.40 bits per heavy atom. The van der Waals surface area contributed by atoms with Gasteiger partial charge in [-0.3, -0.25) is 4.79 Å². The summed E-state index contributed by atoms with van der Waals surface area (Å²) in [5.41, 5.74) is 0. The van der Waals surface area contributed by atoms with Crippen molar-refractivity contribution in [1.82, 2.24) is 0 Å². The van der Waals surface area contributed by atoms with Gasteiger partial charge in [-0.05, 0) is 26.7 Å². The van der Waals surface area contributed by atoms with Crippen LogP contribution in [0.15, 0.2) is 0 Å². The van der Waals surface area contributed by atoms with Crippen LogP contribution in [0.3, 0.4) is 0 Å². The Bertz CT molecular complexity index is 231. The summed E-state index contributed by atoms with van der Waals surface area (Å²) in [5.74, 6) is 6.54. The highest BCUT2D eigenvalue weighted by Gasteiger charge is 2.03. The summed E-state index contributed by atoms with van der Waals surface area (Å²) in [6.45, 7) is 7.89. The molecule has 2 nitrogen and oxygen atoms in total. The van der Waals surface area contributed by atoms with E-state index < -0.39 is 0 Å². The molecule has 0 heterocycles. The first-order chi connectivity index (χ1) is 7.02. The van der Waals surface area contributed by atoms with Crippen molar-refractivity contribution in [1.29, 1.82) is 0 Å². The first kappa shape index (κ1) is 14.0. The Kier molecular flexibility index (Phi) is 7.81. The lowest BCUT2D eigenvalue weighted by molar-refractivity contribution is -0.147. The molecule has 0 aromatic carbocycles. The second-order valence-corrected chi connectivity index (χ2v) is 4.22. The van der Waals surface area contributed by atoms with Crippen LogP contribution < -0.4 is 0 Å². The van der Waals surface area contributed by atoms with Crippen LogP contribution in [0.1, 0.15) is 53.4 Å². The molecule has 2 heteroatoms. The minimum Gasteiger partial charge on any atom is -0.463 e. The number of hydrogen-bond acceptors (Lipinski definition) is 2. The molecule has 0 spiro atoms. The van der Waals surface area contributed by atoms with Crippen LogP contribution in [0.25, 0.3) is 0 Å². The molecule has 0 aliphatic rings. The van der Waals surface area contributed by atoms with Gasteiger partial charge in [0.2, 0.25) is 0 Å². The maximum Gasteiger partial charge on any atom is 0.306 e. The van der Waals surface area contributed by atoms with E-state index in [2.05, 4.69) is 25.7 Å². The van der Waals surface area contributed by atoms with Crippen LogP contribution in [0.2, 0.25) is 0 Å². The lowest BCUT2D eigenvalue weighted by Crippen LogP contribution is -2.10. The maximum atomic E-state index is 11.1. The molecule has 0 aliphatic heterocycles. The second kappa shape index (κ2) is 8.35. The normalized spacial score (nSPS) is 10.0. The molecule has 0 radical (unpaired) electrons. The topological polar surface area (TPSA) is 26.3 Å². The highest BCUT2D eigenvalue weighted by atomic mass is 16.5. The molecule has 86 valence electrons. The van der Waals surface area contributed by atoms with Gasteiger partial charge in [0, 0.05) is 18.8 Å². The first-order valence-corrected chi connectivity index (χ1v) is 5.70. The standard InChI is InChI=1S/C13H22O2/c1-11(2)9-7-5-6-8-10-13(14)15-12(3)4/h11-12H,5-6,8,10H2,1-4H3. The zero-order chi connectivity index (χ0) is 11.7. The van der Waals surface area contributed by atoms with Gasteiger partial charge in [-0.25, -0.2) is 0 Å². The number of rotatable bonds is 5. The minimum absolute atomic E-state index is 0.00164. The third kappa shape index (κ3) is 11.0. The van der Waals surface area contributed by atoms with E-state index >= 15 is 0 Å². The molecule has 0 aliphatic carbocycles. The molecule has 0 fully saturated rings. The predicted molar refractivity (Wildman–Crippen MR) is 62.3 cm³/mol. The van der Waals surface area contributed by atoms with Crippen molar-refractivity contribution in [2.75, 3.05) is 0 Å². The summed E-state index contributed by atoms with van der Waals surface area (Å²) in [6, 6.07) is 0. The zero-order valence-electron chi connectivity index (χ0n) is 10.3. The summed E-state index contributed by atoms with van der Waals surface area (Å²) < 4.78 is 5.02. The van der Waals surface area contributed by atoms with Crippen LogP contribution in [0.5, 0.6) is 0 Å². The highest BCUT2D eigenvalue weighted by Crippen LogP contribution is 2.02. The van der Waals surface area contributed by atoms with E-state index in [4.69, 9.17) is 4.74 Å². The summed E-state index contributed by atoms with van der Waals surface area (Å²) in [6.07, 6.45) is 3.25. The maximum absolute atomic E-state index is 11.1. The molecule has 0 rings (SSSR count). The number of hydrogen-bond donors (Lipinski definition) is 0. The van der Waals surface area contributed by atoms with Crippen LogP contribution in [0.4, 0.5) is 0 Å². The van der Waals surface area contributed by atoms with E-state index in [0.717, 1.165) is 19.3 Å². The van der Waals surface area contributed by atoms with E-state index in [1.807, 2.05) is 13.8 Å². The van der Waals surface area contributed by atoms with Gasteiger partial charge in [-0.2, -0.15) is 0 Å². The van der Waals surface area contributed by atoms with E-state index in [-0.39, 0.29) is 12.1 Å². The summed E-state index contributed by atoms with van der Waals surface area (Å²) in [7, 11) is 0. The number of carbonyl (C=O) groups excluding carboxylic acids is 1. The quantitative estimate of drug-likeness (QED) is 0.396. The van der Waals surface area contributed by atoms with Gasteiger partial charge in [0.1, 0.15) is 0 Å². The molecular weight excluding hydrogens is 188 g/mol. The molecule has 0 atom stereocenters. The summed E-state index contributed by atoms with van der Waals surface area (Å²) in [5, 5.41) is 0. The van der Waals surface area contributed by atoms with E-state index in [9.17, 15) is 4.79 Å². The first-order valence-electron chi connectivity index (χ1n) is 5.70. The third-order valence-electron chi connectivity index (χ3n) is 1.69. The average molecular weight is 210 g/mol. The molecule has 0 aromatic heterocycles. The third-order valence-corrected chi connectivity index (χ3v) is 1.69. The fraction of sp³-hybridized carbons (Fsp3) is 0.769. The van der Waals surface area contributed by atoms with Crippen LogP contribution in [-0.2, 0) is 9.53 Å². The smallest absolute Gasteiger partial charge is 0.306 e. The Labute approximate surface area is 93.4 Å². The molecule has 15 heavy (non-hydrogen) atoms. The number of unbranched alkanes of at least 4 members (excludes halogenated alkanes) is 2. The number of ether oxygens (including phenoxy) is 1. The van der Waals surface area contributed by atoms with Crippen LogP contribution >= 0.6 is 0 Å². The van der Waals surface area contributed by atoms with Gasteiger partial charge >= 0.3 is 5.97 Å². The molecule has 0 bridgehead atoms. The van der Waals surface area contributed by atoms with Gasteiger partial charge in [-0.15, -0.1) is 11.8 Å². The predicted octanol–water partition coefficient (Wildman–Crippen LogP) is 3.16. The van der Waals surface area contributed by atoms with E-state index in [1.165, 1.54) is 0 Å². The minimum atomic E-state index is -0.0955. The van der Waals surface area contributed by atoms with Crippen molar-refractivity contribution in [2.45, 2.75) is 59.5 Å². The van der Waals surface area contributed by atoms with Crippen molar-refractivity contribution in [3.8, 4) is 11.8 Å². The van der Waals surface area contributed by atoms with Gasteiger partial charge in [0.25, 0.3) is 0 Å². The Morgan fingerprint density at radius 1 is 1.20 bits per heavy atom. The van der Waals surface area contributed by atoms with E-state index in [0.29, 0.717) is 12.3 Å². The Balaban J connectivity index is 3.40. The second-order valence-electron chi connectivity index (χ2n) is 4.22. The van der Waals surface area contributed by atoms with Gasteiger partial charge < -0.3 is 4.74 Å². The monoisotopic (exact) mass is 210 g/mol. The van der Waals surface area contributed by atoms with Crippen LogP contribution in [-0.4, -0.2) is 12.1 Å². The van der Waals surface area contributed by atoms with Crippen molar-refractivity contribution in [3.63, 3.8) is 0 Å². The zero-order valence-corrected chi connectivity index (χ0v) is 10.3. The Morgan fingerprint density at radius 2 is 1.87 bits per heavy atom. The molecule has 0 saturated heterocycles. The lowest BCUT2D eigenvalue weighted by atomic mass is 10.1. The highest BCUT2D eigenvalue weighted by molar-refractivity contribution is 5.69.